The molecule has 1 saturated carbocycles. The van der Waals surface area contributed by atoms with Gasteiger partial charge in [-0.3, -0.25) is 9.59 Å². The molecule has 2 rings (SSSR count). The van der Waals surface area contributed by atoms with Crippen LogP contribution in [0.5, 0.6) is 0 Å². The second-order valence-electron chi connectivity index (χ2n) is 6.07. The molecule has 2 aliphatic rings. The van der Waals surface area contributed by atoms with Gasteiger partial charge >= 0.3 is 11.9 Å². The summed E-state index contributed by atoms with van der Waals surface area (Å²) in [5.74, 6) is -0.135. The Morgan fingerprint density at radius 3 is 2.40 bits per heavy atom. The molecule has 1 saturated heterocycles. The molecular weight excluding hydrogens is 192 g/mol. The molecule has 1 spiro atoms. The third kappa shape index (κ3) is 1.80. The molecule has 15 heavy (non-hydrogen) atoms. The van der Waals surface area contributed by atoms with E-state index in [2.05, 4.69) is 20.8 Å². The van der Waals surface area contributed by atoms with Crippen molar-refractivity contribution in [3.8, 4) is 0 Å². The van der Waals surface area contributed by atoms with Crippen LogP contribution in [-0.2, 0) is 14.3 Å². The molecule has 0 unspecified atom stereocenters. The van der Waals surface area contributed by atoms with E-state index in [0.717, 1.165) is 19.3 Å². The number of carbonyl (C=O) groups excluding carboxylic acids is 2. The summed E-state index contributed by atoms with van der Waals surface area (Å²) in [4.78, 5) is 23.0. The van der Waals surface area contributed by atoms with Crippen LogP contribution in [0.3, 0.4) is 0 Å². The van der Waals surface area contributed by atoms with Crippen LogP contribution in [0.25, 0.3) is 0 Å². The van der Waals surface area contributed by atoms with Crippen LogP contribution < -0.4 is 0 Å². The van der Waals surface area contributed by atoms with Gasteiger partial charge in [0.1, 0.15) is 0 Å². The topological polar surface area (TPSA) is 43.4 Å². The Bertz CT molecular complexity index is 319. The van der Waals surface area contributed by atoms with Crippen LogP contribution >= 0.6 is 0 Å². The van der Waals surface area contributed by atoms with Gasteiger partial charge in [0.15, 0.2) is 0 Å². The lowest BCUT2D eigenvalue weighted by Gasteiger charge is -2.42. The lowest BCUT2D eigenvalue weighted by Crippen LogP contribution is -2.39. The predicted molar refractivity (Wildman–Crippen MR) is 54.9 cm³/mol. The van der Waals surface area contributed by atoms with Crippen molar-refractivity contribution in [1.82, 2.24) is 0 Å². The highest BCUT2D eigenvalue weighted by Gasteiger charge is 2.54. The molecule has 0 amide bonds. The normalized spacial score (nSPS) is 39.5. The minimum Gasteiger partial charge on any atom is -0.393 e. The first-order valence-corrected chi connectivity index (χ1v) is 5.58. The van der Waals surface area contributed by atoms with Crippen molar-refractivity contribution in [3.63, 3.8) is 0 Å². The Kier molecular flexibility index (Phi) is 2.18. The van der Waals surface area contributed by atoms with Crippen LogP contribution in [0.2, 0.25) is 0 Å². The van der Waals surface area contributed by atoms with E-state index in [4.69, 9.17) is 4.74 Å². The van der Waals surface area contributed by atoms with Crippen LogP contribution in [0.4, 0.5) is 0 Å². The van der Waals surface area contributed by atoms with Crippen LogP contribution in [-0.4, -0.2) is 11.9 Å². The van der Waals surface area contributed by atoms with Crippen molar-refractivity contribution in [2.75, 3.05) is 0 Å². The van der Waals surface area contributed by atoms with E-state index >= 15 is 0 Å². The SMILES string of the molecule is C[C@H]1CC(C)(C)C[C@@]2(CC(=O)OC2=O)C1. The Labute approximate surface area is 90.2 Å². The first-order valence-electron chi connectivity index (χ1n) is 5.58. The van der Waals surface area contributed by atoms with Gasteiger partial charge in [0.25, 0.3) is 0 Å². The summed E-state index contributed by atoms with van der Waals surface area (Å²) in [6.07, 6.45) is 3.01. The number of cyclic esters (lactones) is 2. The molecule has 2 fully saturated rings. The molecule has 0 aromatic rings. The Morgan fingerprint density at radius 1 is 1.27 bits per heavy atom. The highest BCUT2D eigenvalue weighted by Crippen LogP contribution is 2.53. The molecular formula is C12H18O3. The van der Waals surface area contributed by atoms with Gasteiger partial charge in [-0.25, -0.2) is 0 Å². The monoisotopic (exact) mass is 210 g/mol. The summed E-state index contributed by atoms with van der Waals surface area (Å²) in [6.45, 7) is 6.49. The molecule has 0 aromatic carbocycles. The quantitative estimate of drug-likeness (QED) is 0.455. The number of ether oxygens (including phenoxy) is 1. The molecule has 3 nitrogen and oxygen atoms in total. The van der Waals surface area contributed by atoms with Gasteiger partial charge < -0.3 is 4.74 Å². The number of hydrogen-bond donors (Lipinski definition) is 0. The lowest BCUT2D eigenvalue weighted by atomic mass is 9.60. The van der Waals surface area contributed by atoms with Gasteiger partial charge in [-0.05, 0) is 30.6 Å². The zero-order valence-corrected chi connectivity index (χ0v) is 9.63. The van der Waals surface area contributed by atoms with Crippen LogP contribution in [0.1, 0.15) is 46.5 Å². The highest BCUT2D eigenvalue weighted by molar-refractivity contribution is 5.97. The van der Waals surface area contributed by atoms with E-state index in [1.165, 1.54) is 0 Å². The summed E-state index contributed by atoms with van der Waals surface area (Å²) in [5.41, 5.74) is -0.362. The second kappa shape index (κ2) is 3.06. The maximum absolute atomic E-state index is 11.8. The summed E-state index contributed by atoms with van der Waals surface area (Å²) >= 11 is 0. The fourth-order valence-corrected chi connectivity index (χ4v) is 3.63. The Balaban J connectivity index is 2.28. The van der Waals surface area contributed by atoms with Crippen LogP contribution in [0.15, 0.2) is 0 Å². The Hall–Kier alpha value is -0.860. The molecule has 1 aliphatic heterocycles. The number of hydrogen-bond acceptors (Lipinski definition) is 3. The fraction of sp³-hybridized carbons (Fsp3) is 0.833. The molecule has 2 atom stereocenters. The molecule has 1 aliphatic carbocycles. The summed E-state index contributed by atoms with van der Waals surface area (Å²) in [5, 5.41) is 0. The van der Waals surface area contributed by atoms with E-state index in [1.807, 2.05) is 0 Å². The number of rotatable bonds is 0. The Morgan fingerprint density at radius 2 is 1.93 bits per heavy atom. The molecule has 1 heterocycles. The zero-order chi connectivity index (χ0) is 11.3. The molecule has 0 radical (unpaired) electrons. The van der Waals surface area contributed by atoms with Crippen molar-refractivity contribution < 1.29 is 14.3 Å². The molecule has 0 aromatic heterocycles. The molecule has 0 bridgehead atoms. The summed E-state index contributed by atoms with van der Waals surface area (Å²) in [6, 6.07) is 0. The zero-order valence-electron chi connectivity index (χ0n) is 9.63. The summed E-state index contributed by atoms with van der Waals surface area (Å²) in [7, 11) is 0. The van der Waals surface area contributed by atoms with Gasteiger partial charge in [-0.15, -0.1) is 0 Å². The van der Waals surface area contributed by atoms with Gasteiger partial charge in [0, 0.05) is 0 Å². The average molecular weight is 210 g/mol. The minimum absolute atomic E-state index is 0.140. The maximum Gasteiger partial charge on any atom is 0.320 e. The van der Waals surface area contributed by atoms with E-state index in [1.54, 1.807) is 0 Å². The van der Waals surface area contributed by atoms with E-state index in [0.29, 0.717) is 12.3 Å². The average Bonchev–Trinajstić information content (AvgIpc) is 2.20. The fourth-order valence-electron chi connectivity index (χ4n) is 3.63. The first kappa shape index (κ1) is 10.7. The van der Waals surface area contributed by atoms with Gasteiger partial charge in [0.05, 0.1) is 11.8 Å². The van der Waals surface area contributed by atoms with Crippen molar-refractivity contribution >= 4 is 11.9 Å². The third-order valence-corrected chi connectivity index (χ3v) is 3.58. The van der Waals surface area contributed by atoms with Crippen molar-refractivity contribution in [3.05, 3.63) is 0 Å². The standard InChI is InChI=1S/C12H18O3/c1-8-4-11(2,3)7-12(5-8)6-9(13)15-10(12)14/h8H,4-7H2,1-3H3/t8-,12-/m0/s1. The number of esters is 2. The molecule has 3 heteroatoms. The van der Waals surface area contributed by atoms with Crippen molar-refractivity contribution in [1.29, 1.82) is 0 Å². The third-order valence-electron chi connectivity index (χ3n) is 3.58. The first-order chi connectivity index (χ1) is 6.83. The van der Waals surface area contributed by atoms with Crippen molar-refractivity contribution in [2.45, 2.75) is 46.5 Å². The lowest BCUT2D eigenvalue weighted by molar-refractivity contribution is -0.157. The van der Waals surface area contributed by atoms with E-state index in [-0.39, 0.29) is 17.4 Å². The highest BCUT2D eigenvalue weighted by atomic mass is 16.6. The van der Waals surface area contributed by atoms with Gasteiger partial charge in [-0.2, -0.15) is 0 Å². The predicted octanol–water partition coefficient (Wildman–Crippen LogP) is 2.29. The second-order valence-corrected chi connectivity index (χ2v) is 6.07. The minimum atomic E-state index is -0.502. The molecule has 0 N–H and O–H groups in total. The van der Waals surface area contributed by atoms with E-state index < -0.39 is 5.41 Å². The largest absolute Gasteiger partial charge is 0.393 e. The maximum atomic E-state index is 11.8. The van der Waals surface area contributed by atoms with E-state index in [9.17, 15) is 9.59 Å². The van der Waals surface area contributed by atoms with Gasteiger partial charge in [0.2, 0.25) is 0 Å². The summed E-state index contributed by atoms with van der Waals surface area (Å²) < 4.78 is 4.72. The van der Waals surface area contributed by atoms with Crippen LogP contribution in [0, 0.1) is 16.7 Å². The van der Waals surface area contributed by atoms with Crippen molar-refractivity contribution in [2.24, 2.45) is 16.7 Å². The van der Waals surface area contributed by atoms with Gasteiger partial charge in [-0.1, -0.05) is 20.8 Å². The molecule has 84 valence electrons. The number of carbonyl (C=O) groups is 2. The smallest absolute Gasteiger partial charge is 0.320 e.